The predicted octanol–water partition coefficient (Wildman–Crippen LogP) is 8.44. The molecule has 2 heterocycles. The molecule has 5 aromatic carbocycles. The van der Waals surface area contributed by atoms with Crippen LogP contribution >= 0.6 is 0 Å². The summed E-state index contributed by atoms with van der Waals surface area (Å²) in [6, 6.07) is 28.9. The molecule has 4 heteroatoms. The Morgan fingerprint density at radius 3 is 1.70 bits per heavy atom. The quantitative estimate of drug-likeness (QED) is 0.254. The van der Waals surface area contributed by atoms with Crippen LogP contribution in [-0.4, -0.2) is 15.0 Å². The minimum Gasteiger partial charge on any atom is -0.456 e. The van der Waals surface area contributed by atoms with E-state index in [2.05, 4.69) is 0 Å². The molecule has 0 atom stereocenters. The molecule has 0 spiro atoms. The molecule has 0 saturated heterocycles. The maximum Gasteiger partial charge on any atom is 0.164 e. The van der Waals surface area contributed by atoms with Crippen molar-refractivity contribution in [3.05, 3.63) is 127 Å². The van der Waals surface area contributed by atoms with Gasteiger partial charge in [-0.15, -0.1) is 0 Å². The van der Waals surface area contributed by atoms with Crippen LogP contribution in [0.4, 0.5) is 0 Å². The van der Waals surface area contributed by atoms with Gasteiger partial charge in [-0.2, -0.15) is 0 Å². The van der Waals surface area contributed by atoms with Crippen molar-refractivity contribution < 1.29 is 11.3 Å². The van der Waals surface area contributed by atoms with Gasteiger partial charge >= 0.3 is 0 Å². The number of nitrogens with zero attached hydrogens (tertiary/aromatic N) is 3. The number of hydrogen-bond acceptors (Lipinski definition) is 4. The lowest BCUT2D eigenvalue weighted by atomic mass is 10.0. The normalized spacial score (nSPS) is 13.1. The standard InChI is InChI=1S/C33H21N3O/c1-4-10-22(11-5-1)25-17-19-29-28(20-25)27-18-16-26(21-30(27)37-29)33-35-31(23-12-6-2-7-13-23)34-32(36-33)24-14-8-3-9-15-24/h1-21H/i1D,4D,5D,10D,11D. The van der Waals surface area contributed by atoms with E-state index in [1.54, 1.807) is 18.2 Å². The summed E-state index contributed by atoms with van der Waals surface area (Å²) in [5, 5.41) is 1.59. The third kappa shape index (κ3) is 3.95. The second-order valence-electron chi connectivity index (χ2n) is 8.56. The van der Waals surface area contributed by atoms with Crippen LogP contribution in [0.1, 0.15) is 6.85 Å². The van der Waals surface area contributed by atoms with Crippen LogP contribution in [-0.2, 0) is 0 Å². The Hall–Kier alpha value is -5.09. The first-order chi connectivity index (χ1) is 20.4. The number of hydrogen-bond donors (Lipinski definition) is 0. The molecule has 0 aliphatic rings. The first-order valence-corrected chi connectivity index (χ1v) is 11.8. The monoisotopic (exact) mass is 480 g/mol. The molecule has 0 fully saturated rings. The van der Waals surface area contributed by atoms with Gasteiger partial charge < -0.3 is 4.42 Å². The molecule has 0 radical (unpaired) electrons. The Bertz CT molecular complexity index is 2060. The maximum absolute atomic E-state index is 8.37. The van der Waals surface area contributed by atoms with E-state index in [1.165, 1.54) is 0 Å². The highest BCUT2D eigenvalue weighted by Gasteiger charge is 2.15. The zero-order valence-corrected chi connectivity index (χ0v) is 19.5. The molecule has 7 rings (SSSR count). The van der Waals surface area contributed by atoms with Crippen molar-refractivity contribution in [1.29, 1.82) is 0 Å². The third-order valence-electron chi connectivity index (χ3n) is 6.22. The molecule has 0 saturated carbocycles. The van der Waals surface area contributed by atoms with Crippen molar-refractivity contribution in [2.75, 3.05) is 0 Å². The van der Waals surface area contributed by atoms with Crippen LogP contribution in [0.5, 0.6) is 0 Å². The van der Waals surface area contributed by atoms with E-state index >= 15 is 0 Å². The largest absolute Gasteiger partial charge is 0.456 e. The van der Waals surface area contributed by atoms with Crippen LogP contribution in [0.3, 0.4) is 0 Å². The fraction of sp³-hybridized carbons (Fsp3) is 0. The number of rotatable bonds is 4. The van der Waals surface area contributed by atoms with Crippen LogP contribution in [0.2, 0.25) is 0 Å². The predicted molar refractivity (Wildman–Crippen MR) is 149 cm³/mol. The molecule has 4 nitrogen and oxygen atoms in total. The van der Waals surface area contributed by atoms with Gasteiger partial charge in [0, 0.05) is 27.5 Å². The highest BCUT2D eigenvalue weighted by Crippen LogP contribution is 2.35. The maximum atomic E-state index is 8.37. The van der Waals surface area contributed by atoms with E-state index in [9.17, 15) is 0 Å². The van der Waals surface area contributed by atoms with Crippen LogP contribution in [0.15, 0.2) is 132 Å². The van der Waals surface area contributed by atoms with E-state index in [-0.39, 0.29) is 29.7 Å². The second-order valence-corrected chi connectivity index (χ2v) is 8.56. The van der Waals surface area contributed by atoms with Crippen LogP contribution < -0.4 is 0 Å². The summed E-state index contributed by atoms with van der Waals surface area (Å²) in [5.74, 6) is 1.63. The molecule has 37 heavy (non-hydrogen) atoms. The molecule has 7 aromatic rings. The summed E-state index contributed by atoms with van der Waals surface area (Å²) < 4.78 is 46.9. The van der Waals surface area contributed by atoms with Crippen molar-refractivity contribution in [3.63, 3.8) is 0 Å². The second kappa shape index (κ2) is 8.85. The number of furan rings is 1. The third-order valence-corrected chi connectivity index (χ3v) is 6.22. The summed E-state index contributed by atoms with van der Waals surface area (Å²) in [7, 11) is 0. The fourth-order valence-electron chi connectivity index (χ4n) is 4.40. The van der Waals surface area contributed by atoms with Gasteiger partial charge in [-0.1, -0.05) is 103 Å². The Balaban J connectivity index is 1.37. The topological polar surface area (TPSA) is 51.8 Å². The molecule has 0 aliphatic heterocycles. The molecule has 0 aliphatic carbocycles. The van der Waals surface area contributed by atoms with Gasteiger partial charge in [0.05, 0.1) is 6.85 Å². The molecular formula is C33H21N3O. The van der Waals surface area contributed by atoms with Gasteiger partial charge in [0.2, 0.25) is 0 Å². The Morgan fingerprint density at radius 2 is 1.05 bits per heavy atom. The van der Waals surface area contributed by atoms with E-state index in [1.807, 2.05) is 78.9 Å². The highest BCUT2D eigenvalue weighted by atomic mass is 16.3. The Kier molecular flexibility index (Phi) is 3.96. The highest BCUT2D eigenvalue weighted by molar-refractivity contribution is 6.07. The lowest BCUT2D eigenvalue weighted by molar-refractivity contribution is 0.669. The zero-order chi connectivity index (χ0) is 29.0. The molecule has 0 N–H and O–H groups in total. The van der Waals surface area contributed by atoms with Crippen molar-refractivity contribution >= 4 is 21.9 Å². The minimum atomic E-state index is -0.416. The van der Waals surface area contributed by atoms with Gasteiger partial charge in [-0.05, 0) is 35.4 Å². The van der Waals surface area contributed by atoms with Crippen molar-refractivity contribution in [2.45, 2.75) is 0 Å². The Morgan fingerprint density at radius 1 is 0.459 bits per heavy atom. The van der Waals surface area contributed by atoms with Gasteiger partial charge in [0.25, 0.3) is 0 Å². The number of benzene rings is 5. The van der Waals surface area contributed by atoms with Crippen molar-refractivity contribution in [2.24, 2.45) is 0 Å². The average Bonchev–Trinajstić information content (AvgIpc) is 3.41. The molecule has 0 bridgehead atoms. The first kappa shape index (κ1) is 16.6. The van der Waals surface area contributed by atoms with E-state index in [0.29, 0.717) is 34.2 Å². The summed E-state index contributed by atoms with van der Waals surface area (Å²) in [6.07, 6.45) is 0. The van der Waals surface area contributed by atoms with E-state index in [4.69, 9.17) is 26.2 Å². The lowest BCUT2D eigenvalue weighted by Gasteiger charge is -2.08. The zero-order valence-electron chi connectivity index (χ0n) is 24.5. The number of aromatic nitrogens is 3. The van der Waals surface area contributed by atoms with Crippen molar-refractivity contribution in [3.8, 4) is 45.3 Å². The van der Waals surface area contributed by atoms with Crippen LogP contribution in [0.25, 0.3) is 67.2 Å². The van der Waals surface area contributed by atoms with Crippen LogP contribution in [0, 0.1) is 0 Å². The first-order valence-electron chi connectivity index (χ1n) is 14.3. The van der Waals surface area contributed by atoms with E-state index in [0.717, 1.165) is 27.5 Å². The molecular weight excluding hydrogens is 454 g/mol. The minimum absolute atomic E-state index is 0.154. The van der Waals surface area contributed by atoms with Crippen molar-refractivity contribution in [1.82, 2.24) is 15.0 Å². The SMILES string of the molecule is [2H]c1c([2H])c([2H])c(-c2ccc3oc4cc(-c5nc(-c6ccccc6)nc(-c6ccccc6)n5)ccc4c3c2)c([2H])c1[2H]. The summed E-state index contributed by atoms with van der Waals surface area (Å²) in [6.45, 7) is 0. The summed E-state index contributed by atoms with van der Waals surface area (Å²) in [4.78, 5) is 14.4. The van der Waals surface area contributed by atoms with E-state index < -0.39 is 6.04 Å². The smallest absolute Gasteiger partial charge is 0.164 e. The van der Waals surface area contributed by atoms with Gasteiger partial charge in [0.15, 0.2) is 17.5 Å². The summed E-state index contributed by atoms with van der Waals surface area (Å²) in [5.41, 5.74) is 4.41. The Labute approximate surface area is 221 Å². The summed E-state index contributed by atoms with van der Waals surface area (Å²) >= 11 is 0. The van der Waals surface area contributed by atoms with Gasteiger partial charge in [-0.25, -0.2) is 15.0 Å². The van der Waals surface area contributed by atoms with Gasteiger partial charge in [0.1, 0.15) is 11.2 Å². The fourth-order valence-corrected chi connectivity index (χ4v) is 4.40. The number of fused-ring (bicyclic) bond motifs is 3. The average molecular weight is 481 g/mol. The molecule has 2 aromatic heterocycles. The molecule has 0 amide bonds. The lowest BCUT2D eigenvalue weighted by Crippen LogP contribution is -2.00. The van der Waals surface area contributed by atoms with Gasteiger partial charge in [-0.3, -0.25) is 0 Å². The molecule has 174 valence electrons. The molecule has 0 unspecified atom stereocenters.